The number of thiophene rings is 1. The second-order valence-corrected chi connectivity index (χ2v) is 7.26. The van der Waals surface area contributed by atoms with E-state index in [-0.39, 0.29) is 26.8 Å². The molecule has 2 N–H and O–H groups in total. The fraction of sp³-hybridized carbons (Fsp3) is 0.158. The number of halogens is 3. The molecule has 0 aliphatic heterocycles. The molecule has 0 aliphatic carbocycles. The first-order valence-electron chi connectivity index (χ1n) is 8.64. The predicted molar refractivity (Wildman–Crippen MR) is 108 cm³/mol. The summed E-state index contributed by atoms with van der Waals surface area (Å²) >= 11 is 0.728. The summed E-state index contributed by atoms with van der Waals surface area (Å²) in [6, 6.07) is 6.67. The first kappa shape index (κ1) is 22.0. The summed E-state index contributed by atoms with van der Waals surface area (Å²) in [5, 5.41) is 28.6. The van der Waals surface area contributed by atoms with E-state index in [9.17, 15) is 27.9 Å². The Labute approximate surface area is 177 Å². The first-order chi connectivity index (χ1) is 14.5. The lowest BCUT2D eigenvalue weighted by molar-refractivity contribution is -0.137. The molecule has 3 aromatic rings. The van der Waals surface area contributed by atoms with E-state index in [4.69, 9.17) is 5.11 Å². The number of carbonyl (C=O) groups is 2. The van der Waals surface area contributed by atoms with E-state index in [1.165, 1.54) is 49.1 Å². The lowest BCUT2D eigenvalue weighted by Gasteiger charge is -2.13. The molecule has 0 spiro atoms. The number of amides is 1. The number of hydrogen-bond acceptors (Lipinski definition) is 6. The van der Waals surface area contributed by atoms with E-state index in [1.807, 2.05) is 0 Å². The number of aryl methyl sites for hydroxylation is 1. The number of carboxylic acid groups (broad SMARTS) is 1. The maximum Gasteiger partial charge on any atom is 0.416 e. The SMILES string of the molecule is CC=NN(C(=O)c1ccc(C(=O)O)s1)c1nn(C)c(-c2ccc(C(F)(F)F)cc2)c1O. The lowest BCUT2D eigenvalue weighted by Crippen LogP contribution is -2.25. The zero-order valence-corrected chi connectivity index (χ0v) is 16.9. The van der Waals surface area contributed by atoms with Crippen molar-refractivity contribution in [3.05, 3.63) is 51.7 Å². The Bertz CT molecular complexity index is 1170. The number of carboxylic acids is 1. The number of carbonyl (C=O) groups excluding carboxylic acids is 1. The molecule has 3 rings (SSSR count). The van der Waals surface area contributed by atoms with E-state index in [0.717, 1.165) is 28.5 Å². The Balaban J connectivity index is 2.03. The van der Waals surface area contributed by atoms with Gasteiger partial charge in [0.25, 0.3) is 5.91 Å². The highest BCUT2D eigenvalue weighted by Crippen LogP contribution is 2.39. The van der Waals surface area contributed by atoms with Crippen molar-refractivity contribution in [3.63, 3.8) is 0 Å². The maximum absolute atomic E-state index is 12.9. The minimum absolute atomic E-state index is 0.0455. The molecule has 162 valence electrons. The molecule has 0 aliphatic rings. The fourth-order valence-electron chi connectivity index (χ4n) is 2.77. The number of alkyl halides is 3. The zero-order valence-electron chi connectivity index (χ0n) is 16.1. The van der Waals surface area contributed by atoms with Gasteiger partial charge in [0.05, 0.1) is 10.4 Å². The van der Waals surface area contributed by atoms with Crippen LogP contribution < -0.4 is 5.01 Å². The van der Waals surface area contributed by atoms with Gasteiger partial charge in [-0.3, -0.25) is 9.48 Å². The summed E-state index contributed by atoms with van der Waals surface area (Å²) in [5.41, 5.74) is -0.536. The summed E-state index contributed by atoms with van der Waals surface area (Å²) in [4.78, 5) is 23.9. The van der Waals surface area contributed by atoms with Gasteiger partial charge in [-0.25, -0.2) is 4.79 Å². The van der Waals surface area contributed by atoms with Gasteiger partial charge in [0.15, 0.2) is 5.75 Å². The van der Waals surface area contributed by atoms with Crippen LogP contribution in [0.25, 0.3) is 11.3 Å². The number of hydrogen-bond donors (Lipinski definition) is 2. The van der Waals surface area contributed by atoms with Crippen LogP contribution in [-0.4, -0.2) is 38.1 Å². The molecule has 0 bridgehead atoms. The van der Waals surface area contributed by atoms with Gasteiger partial charge in [-0.15, -0.1) is 16.4 Å². The quantitative estimate of drug-likeness (QED) is 0.445. The lowest BCUT2D eigenvalue weighted by atomic mass is 10.1. The highest BCUT2D eigenvalue weighted by Gasteiger charge is 2.31. The third kappa shape index (κ3) is 4.28. The number of hydrazone groups is 1. The van der Waals surface area contributed by atoms with Crippen LogP contribution in [0.3, 0.4) is 0 Å². The van der Waals surface area contributed by atoms with E-state index < -0.39 is 29.4 Å². The number of aromatic hydroxyl groups is 1. The van der Waals surface area contributed by atoms with Crippen LogP contribution in [0.2, 0.25) is 0 Å². The van der Waals surface area contributed by atoms with Gasteiger partial charge < -0.3 is 10.2 Å². The van der Waals surface area contributed by atoms with Crippen LogP contribution in [0.15, 0.2) is 41.5 Å². The molecule has 0 atom stereocenters. The van der Waals surface area contributed by atoms with Crippen molar-refractivity contribution in [2.75, 3.05) is 5.01 Å². The summed E-state index contributed by atoms with van der Waals surface area (Å²) < 4.78 is 39.6. The van der Waals surface area contributed by atoms with Crippen LogP contribution in [0.1, 0.15) is 31.8 Å². The molecule has 0 fully saturated rings. The molecule has 2 aromatic heterocycles. The summed E-state index contributed by atoms with van der Waals surface area (Å²) in [7, 11) is 1.45. The van der Waals surface area contributed by atoms with Gasteiger partial charge in [0, 0.05) is 18.8 Å². The second-order valence-electron chi connectivity index (χ2n) is 6.18. The number of rotatable bonds is 5. The normalized spacial score (nSPS) is 11.8. The van der Waals surface area contributed by atoms with Crippen molar-refractivity contribution in [1.82, 2.24) is 9.78 Å². The fourth-order valence-corrected chi connectivity index (χ4v) is 3.54. The Morgan fingerprint density at radius 2 is 1.77 bits per heavy atom. The zero-order chi connectivity index (χ0) is 22.9. The van der Waals surface area contributed by atoms with Gasteiger partial charge in [0.2, 0.25) is 5.82 Å². The standard InChI is InChI=1S/C19H15F3N4O4S/c1-3-23-26(17(28)12-8-9-13(31-12)18(29)30)16-15(27)14(25(2)24-16)10-4-6-11(7-5-10)19(20,21)22/h3-9,27H,1-2H3,(H,29,30). The van der Waals surface area contributed by atoms with E-state index in [0.29, 0.717) is 0 Å². The molecule has 31 heavy (non-hydrogen) atoms. The highest BCUT2D eigenvalue weighted by molar-refractivity contribution is 7.16. The van der Waals surface area contributed by atoms with Crippen molar-refractivity contribution >= 4 is 35.2 Å². The minimum Gasteiger partial charge on any atom is -0.503 e. The van der Waals surface area contributed by atoms with Crippen LogP contribution in [0, 0.1) is 0 Å². The Kier molecular flexibility index (Phi) is 5.84. The Morgan fingerprint density at radius 1 is 1.16 bits per heavy atom. The second kappa shape index (κ2) is 8.22. The summed E-state index contributed by atoms with van der Waals surface area (Å²) in [5.74, 6) is -2.66. The van der Waals surface area contributed by atoms with Gasteiger partial charge >= 0.3 is 12.1 Å². The molecule has 2 heterocycles. The van der Waals surface area contributed by atoms with Crippen molar-refractivity contribution in [2.45, 2.75) is 13.1 Å². The third-order valence-electron chi connectivity index (χ3n) is 4.14. The smallest absolute Gasteiger partial charge is 0.416 e. The van der Waals surface area contributed by atoms with Crippen LogP contribution in [0.5, 0.6) is 5.75 Å². The van der Waals surface area contributed by atoms with Crippen molar-refractivity contribution in [2.24, 2.45) is 12.1 Å². The molecule has 0 saturated heterocycles. The number of benzene rings is 1. The van der Waals surface area contributed by atoms with E-state index in [2.05, 4.69) is 10.2 Å². The number of aromatic carboxylic acids is 1. The largest absolute Gasteiger partial charge is 0.503 e. The third-order valence-corrected chi connectivity index (χ3v) is 5.20. The summed E-state index contributed by atoms with van der Waals surface area (Å²) in [6.45, 7) is 1.52. The van der Waals surface area contributed by atoms with Crippen LogP contribution in [0.4, 0.5) is 19.0 Å². The molecule has 8 nitrogen and oxygen atoms in total. The highest BCUT2D eigenvalue weighted by atomic mass is 32.1. The Morgan fingerprint density at radius 3 is 2.29 bits per heavy atom. The van der Waals surface area contributed by atoms with Crippen LogP contribution in [-0.2, 0) is 13.2 Å². The molecule has 12 heteroatoms. The average molecular weight is 452 g/mol. The number of anilines is 1. The van der Waals surface area contributed by atoms with Crippen LogP contribution >= 0.6 is 11.3 Å². The first-order valence-corrected chi connectivity index (χ1v) is 9.46. The molecular weight excluding hydrogens is 437 g/mol. The molecule has 1 amide bonds. The molecule has 1 aromatic carbocycles. The predicted octanol–water partition coefficient (Wildman–Crippen LogP) is 4.22. The van der Waals surface area contributed by atoms with Gasteiger partial charge in [-0.2, -0.15) is 23.3 Å². The molecule has 0 saturated carbocycles. The minimum atomic E-state index is -4.51. The number of aromatic nitrogens is 2. The van der Waals surface area contributed by atoms with Crippen molar-refractivity contribution < 1.29 is 33.0 Å². The molecular formula is C19H15F3N4O4S. The van der Waals surface area contributed by atoms with Crippen molar-refractivity contribution in [1.29, 1.82) is 0 Å². The van der Waals surface area contributed by atoms with E-state index >= 15 is 0 Å². The average Bonchev–Trinajstić information content (AvgIpc) is 3.30. The molecule has 0 unspecified atom stereocenters. The number of nitrogens with zero attached hydrogens (tertiary/aromatic N) is 4. The summed E-state index contributed by atoms with van der Waals surface area (Å²) in [6.07, 6.45) is -3.23. The van der Waals surface area contributed by atoms with Crippen molar-refractivity contribution in [3.8, 4) is 17.0 Å². The van der Waals surface area contributed by atoms with E-state index in [1.54, 1.807) is 0 Å². The monoisotopic (exact) mass is 452 g/mol. The van der Waals surface area contributed by atoms with Gasteiger partial charge in [-0.05, 0) is 31.2 Å². The maximum atomic E-state index is 12.9. The van der Waals surface area contributed by atoms with Gasteiger partial charge in [0.1, 0.15) is 10.6 Å². The Hall–Kier alpha value is -3.67. The van der Waals surface area contributed by atoms with Gasteiger partial charge in [-0.1, -0.05) is 12.1 Å². The molecule has 0 radical (unpaired) electrons. The topological polar surface area (TPSA) is 108 Å².